The van der Waals surface area contributed by atoms with Gasteiger partial charge >= 0.3 is 5.69 Å². The van der Waals surface area contributed by atoms with Crippen LogP contribution in [0, 0.1) is 11.6 Å². The average Bonchev–Trinajstić information content (AvgIpc) is 2.91. The van der Waals surface area contributed by atoms with E-state index in [0.29, 0.717) is 21.9 Å². The first-order valence-electron chi connectivity index (χ1n) is 7.00. The molecule has 1 N–H and O–H groups in total. The highest BCUT2D eigenvalue weighted by Gasteiger charge is 2.07. The number of benzene rings is 2. The molecule has 0 fully saturated rings. The number of nitrogens with one attached hydrogen (secondary N) is 1. The van der Waals surface area contributed by atoms with Crippen LogP contribution >= 0.6 is 23.1 Å². The van der Waals surface area contributed by atoms with Gasteiger partial charge in [-0.2, -0.15) is 0 Å². The molecule has 124 valence electrons. The number of rotatable bonds is 4. The van der Waals surface area contributed by atoms with Crippen molar-refractivity contribution in [3.63, 3.8) is 0 Å². The lowest BCUT2D eigenvalue weighted by atomic mass is 10.2. The highest BCUT2D eigenvalue weighted by atomic mass is 35.5. The molecule has 3 rings (SSSR count). The Labute approximate surface area is 144 Å². The molecule has 1 aromatic heterocycles. The summed E-state index contributed by atoms with van der Waals surface area (Å²) in [6.07, 6.45) is 0. The van der Waals surface area contributed by atoms with E-state index >= 15 is 0 Å². The minimum Gasteiger partial charge on any atom is -0.264 e. The number of aromatic nitrogens is 2. The maximum atomic E-state index is 13.3. The fourth-order valence-electron chi connectivity index (χ4n) is 2.11. The van der Waals surface area contributed by atoms with Crippen LogP contribution in [-0.4, -0.2) is 8.94 Å². The molecular formula is C16H12ClF2N3OS. The van der Waals surface area contributed by atoms with Crippen molar-refractivity contribution >= 4 is 23.1 Å². The quantitative estimate of drug-likeness (QED) is 0.755. The van der Waals surface area contributed by atoms with E-state index in [-0.39, 0.29) is 12.2 Å². The molecule has 24 heavy (non-hydrogen) atoms. The molecule has 3 aromatic rings. The van der Waals surface area contributed by atoms with Gasteiger partial charge in [0.2, 0.25) is 4.80 Å². The van der Waals surface area contributed by atoms with Crippen LogP contribution in [0.3, 0.4) is 0 Å². The van der Waals surface area contributed by atoms with Gasteiger partial charge in [-0.05, 0) is 46.9 Å². The zero-order valence-electron chi connectivity index (χ0n) is 12.3. The maximum absolute atomic E-state index is 13.3. The molecule has 0 spiro atoms. The summed E-state index contributed by atoms with van der Waals surface area (Å²) in [6.45, 7) is 0.484. The molecule has 4 nitrogen and oxygen atoms in total. The third-order valence-electron chi connectivity index (χ3n) is 3.34. The SMILES string of the molecule is O=c1[nH]s/c(=N\Cc2ccc(Cl)cc2)n1Cc1ccc(F)c(F)c1. The lowest BCUT2D eigenvalue weighted by molar-refractivity contribution is 0.506. The van der Waals surface area contributed by atoms with Crippen molar-refractivity contribution in [3.05, 3.63) is 85.5 Å². The van der Waals surface area contributed by atoms with E-state index in [1.54, 1.807) is 12.1 Å². The van der Waals surface area contributed by atoms with E-state index in [9.17, 15) is 13.6 Å². The molecule has 8 heteroatoms. The van der Waals surface area contributed by atoms with Gasteiger partial charge < -0.3 is 0 Å². The normalized spacial score (nSPS) is 11.9. The largest absolute Gasteiger partial charge is 0.337 e. The molecular weight excluding hydrogens is 356 g/mol. The summed E-state index contributed by atoms with van der Waals surface area (Å²) in [6, 6.07) is 10.8. The molecule has 0 saturated carbocycles. The van der Waals surface area contributed by atoms with E-state index in [4.69, 9.17) is 11.6 Å². The van der Waals surface area contributed by atoms with E-state index < -0.39 is 11.6 Å². The van der Waals surface area contributed by atoms with Crippen LogP contribution in [0.1, 0.15) is 11.1 Å². The number of aromatic amines is 1. The Kier molecular flexibility index (Phi) is 4.92. The molecule has 0 radical (unpaired) electrons. The second kappa shape index (κ2) is 7.11. The van der Waals surface area contributed by atoms with Gasteiger partial charge in [-0.3, -0.25) is 13.9 Å². The van der Waals surface area contributed by atoms with Gasteiger partial charge in [-0.1, -0.05) is 29.8 Å². The first-order chi connectivity index (χ1) is 11.5. The van der Waals surface area contributed by atoms with Crippen LogP contribution in [0.25, 0.3) is 0 Å². The second-order valence-corrected chi connectivity index (χ2v) is 6.28. The van der Waals surface area contributed by atoms with Crippen LogP contribution < -0.4 is 10.5 Å². The molecule has 0 aliphatic carbocycles. The predicted octanol–water partition coefficient (Wildman–Crippen LogP) is 3.32. The van der Waals surface area contributed by atoms with Gasteiger partial charge in [-0.25, -0.2) is 13.6 Å². The molecule has 0 aliphatic heterocycles. The van der Waals surface area contributed by atoms with Crippen LogP contribution in [-0.2, 0) is 13.1 Å². The van der Waals surface area contributed by atoms with Crippen molar-refractivity contribution in [2.75, 3.05) is 0 Å². The van der Waals surface area contributed by atoms with Gasteiger partial charge in [0.1, 0.15) is 0 Å². The Balaban J connectivity index is 1.87. The summed E-state index contributed by atoms with van der Waals surface area (Å²) in [5, 5.41) is 0.637. The molecule has 0 bridgehead atoms. The topological polar surface area (TPSA) is 50.1 Å². The molecule has 1 heterocycles. The summed E-state index contributed by atoms with van der Waals surface area (Å²) in [5.41, 5.74) is 1.07. The number of hydrogen-bond donors (Lipinski definition) is 1. The summed E-state index contributed by atoms with van der Waals surface area (Å²) < 4.78 is 30.3. The second-order valence-electron chi connectivity index (χ2n) is 5.07. The highest BCUT2D eigenvalue weighted by Crippen LogP contribution is 2.10. The van der Waals surface area contributed by atoms with Gasteiger partial charge in [-0.15, -0.1) is 0 Å². The third-order valence-corrected chi connectivity index (χ3v) is 4.40. The van der Waals surface area contributed by atoms with Crippen molar-refractivity contribution in [2.45, 2.75) is 13.1 Å². The summed E-state index contributed by atoms with van der Waals surface area (Å²) >= 11 is 6.93. The summed E-state index contributed by atoms with van der Waals surface area (Å²) in [5.74, 6) is -1.87. The van der Waals surface area contributed by atoms with Crippen LogP contribution in [0.15, 0.2) is 52.3 Å². The number of H-pyrrole nitrogens is 1. The first-order valence-corrected chi connectivity index (χ1v) is 8.19. The number of nitrogens with zero attached hydrogens (tertiary/aromatic N) is 2. The third kappa shape index (κ3) is 3.80. The zero-order valence-corrected chi connectivity index (χ0v) is 13.9. The molecule has 0 unspecified atom stereocenters. The lowest BCUT2D eigenvalue weighted by Gasteiger charge is -2.03. The molecule has 2 aromatic carbocycles. The van der Waals surface area contributed by atoms with E-state index in [0.717, 1.165) is 29.2 Å². The van der Waals surface area contributed by atoms with Crippen molar-refractivity contribution in [1.82, 2.24) is 8.94 Å². The molecule has 0 amide bonds. The van der Waals surface area contributed by atoms with Crippen molar-refractivity contribution in [3.8, 4) is 0 Å². The van der Waals surface area contributed by atoms with Gasteiger partial charge in [0, 0.05) is 5.02 Å². The Morgan fingerprint density at radius 1 is 1.08 bits per heavy atom. The Hall–Kier alpha value is -2.25. The number of hydrogen-bond acceptors (Lipinski definition) is 3. The van der Waals surface area contributed by atoms with E-state index in [1.165, 1.54) is 10.6 Å². The molecule has 0 saturated heterocycles. The monoisotopic (exact) mass is 367 g/mol. The zero-order chi connectivity index (χ0) is 17.1. The predicted molar refractivity (Wildman–Crippen MR) is 89.1 cm³/mol. The van der Waals surface area contributed by atoms with Gasteiger partial charge in [0.25, 0.3) is 0 Å². The average molecular weight is 368 g/mol. The molecule has 0 atom stereocenters. The Morgan fingerprint density at radius 3 is 2.50 bits per heavy atom. The van der Waals surface area contributed by atoms with E-state index in [1.807, 2.05) is 12.1 Å². The summed E-state index contributed by atoms with van der Waals surface area (Å²) in [4.78, 5) is 16.8. The lowest BCUT2D eigenvalue weighted by Crippen LogP contribution is -2.27. The highest BCUT2D eigenvalue weighted by molar-refractivity contribution is 7.02. The van der Waals surface area contributed by atoms with Crippen LogP contribution in [0.4, 0.5) is 8.78 Å². The van der Waals surface area contributed by atoms with Crippen molar-refractivity contribution < 1.29 is 8.78 Å². The summed E-state index contributed by atoms with van der Waals surface area (Å²) in [7, 11) is 0. The minimum absolute atomic E-state index is 0.107. The van der Waals surface area contributed by atoms with Gasteiger partial charge in [0.15, 0.2) is 11.6 Å². The van der Waals surface area contributed by atoms with Crippen LogP contribution in [0.2, 0.25) is 5.02 Å². The Bertz CT molecular complexity index is 976. The molecule has 0 aliphatic rings. The van der Waals surface area contributed by atoms with Crippen molar-refractivity contribution in [1.29, 1.82) is 0 Å². The minimum atomic E-state index is -0.945. The van der Waals surface area contributed by atoms with E-state index in [2.05, 4.69) is 9.37 Å². The Morgan fingerprint density at radius 2 is 1.79 bits per heavy atom. The smallest absolute Gasteiger partial charge is 0.264 e. The fraction of sp³-hybridized carbons (Fsp3) is 0.125. The van der Waals surface area contributed by atoms with Crippen molar-refractivity contribution in [2.24, 2.45) is 4.99 Å². The van der Waals surface area contributed by atoms with Gasteiger partial charge in [0.05, 0.1) is 13.1 Å². The maximum Gasteiger partial charge on any atom is 0.337 e. The standard InChI is InChI=1S/C16H12ClF2N3OS/c17-12-4-1-10(2-5-12)8-20-16-22(15(23)21-24-16)9-11-3-6-13(18)14(19)7-11/h1-7H,8-9H2,(H,21,23)/b20-16-. The number of halogens is 3. The first kappa shape index (κ1) is 16.6. The van der Waals surface area contributed by atoms with Crippen LogP contribution in [0.5, 0.6) is 0 Å². The fourth-order valence-corrected chi connectivity index (χ4v) is 2.91.